The molecule has 0 radical (unpaired) electrons. The molecule has 0 saturated heterocycles. The summed E-state index contributed by atoms with van der Waals surface area (Å²) >= 11 is 4.65. The average Bonchev–Trinajstić information content (AvgIpc) is 2.90. The van der Waals surface area contributed by atoms with Crippen LogP contribution in [-0.4, -0.2) is 17.5 Å². The smallest absolute Gasteiger partial charge is 0.264 e. The molecule has 0 aliphatic rings. The summed E-state index contributed by atoms with van der Waals surface area (Å²) in [5, 5.41) is 5.46. The Morgan fingerprint density at radius 2 is 2.05 bits per heavy atom. The molecule has 0 unspecified atom stereocenters. The number of nitrogens with zero attached hydrogens (tertiary/aromatic N) is 1. The van der Waals surface area contributed by atoms with Gasteiger partial charge in [-0.3, -0.25) is 10.1 Å². The summed E-state index contributed by atoms with van der Waals surface area (Å²) in [6.07, 6.45) is 1.64. The van der Waals surface area contributed by atoms with Crippen LogP contribution in [0.4, 0.5) is 5.13 Å². The highest BCUT2D eigenvalue weighted by Crippen LogP contribution is 2.23. The first kappa shape index (κ1) is 14.0. The van der Waals surface area contributed by atoms with Gasteiger partial charge in [-0.15, -0.1) is 0 Å². The van der Waals surface area contributed by atoms with E-state index in [-0.39, 0.29) is 12.5 Å². The SMILES string of the molecule is O=C(COc1ccc2ccccc2c1)Nc1ncc(Br)s1. The normalized spacial score (nSPS) is 10.5. The van der Waals surface area contributed by atoms with E-state index in [1.54, 1.807) is 6.20 Å². The van der Waals surface area contributed by atoms with Crippen LogP contribution in [0.3, 0.4) is 0 Å². The van der Waals surface area contributed by atoms with Gasteiger partial charge in [0.15, 0.2) is 11.7 Å². The molecular formula is C15H11BrN2O2S. The van der Waals surface area contributed by atoms with Crippen LogP contribution in [0.1, 0.15) is 0 Å². The minimum atomic E-state index is -0.231. The topological polar surface area (TPSA) is 51.2 Å². The van der Waals surface area contributed by atoms with E-state index in [1.165, 1.54) is 11.3 Å². The largest absolute Gasteiger partial charge is 0.484 e. The maximum Gasteiger partial charge on any atom is 0.264 e. The molecule has 106 valence electrons. The van der Waals surface area contributed by atoms with E-state index in [4.69, 9.17) is 4.74 Å². The lowest BCUT2D eigenvalue weighted by atomic mass is 10.1. The molecule has 0 atom stereocenters. The monoisotopic (exact) mass is 362 g/mol. The first-order chi connectivity index (χ1) is 10.2. The first-order valence-electron chi connectivity index (χ1n) is 6.23. The summed E-state index contributed by atoms with van der Waals surface area (Å²) in [5.41, 5.74) is 0. The highest BCUT2D eigenvalue weighted by atomic mass is 79.9. The molecule has 21 heavy (non-hydrogen) atoms. The maximum absolute atomic E-state index is 11.8. The molecule has 0 fully saturated rings. The summed E-state index contributed by atoms with van der Waals surface area (Å²) in [7, 11) is 0. The van der Waals surface area contributed by atoms with Crippen molar-refractivity contribution in [3.63, 3.8) is 0 Å². The van der Waals surface area contributed by atoms with E-state index in [1.807, 2.05) is 42.5 Å². The van der Waals surface area contributed by atoms with Gasteiger partial charge in [0.2, 0.25) is 0 Å². The molecule has 1 N–H and O–H groups in total. The van der Waals surface area contributed by atoms with Gasteiger partial charge in [-0.25, -0.2) is 4.98 Å². The molecular weight excluding hydrogens is 352 g/mol. The number of hydrogen-bond donors (Lipinski definition) is 1. The van der Waals surface area contributed by atoms with Gasteiger partial charge in [0.25, 0.3) is 5.91 Å². The van der Waals surface area contributed by atoms with Crippen LogP contribution >= 0.6 is 27.3 Å². The summed E-state index contributed by atoms with van der Waals surface area (Å²) in [5.74, 6) is 0.439. The van der Waals surface area contributed by atoms with Crippen molar-refractivity contribution in [3.8, 4) is 5.75 Å². The van der Waals surface area contributed by atoms with E-state index < -0.39 is 0 Å². The predicted octanol–water partition coefficient (Wildman–Crippen LogP) is 4.08. The molecule has 1 heterocycles. The predicted molar refractivity (Wildman–Crippen MR) is 87.9 cm³/mol. The van der Waals surface area contributed by atoms with Gasteiger partial charge in [-0.1, -0.05) is 41.7 Å². The van der Waals surface area contributed by atoms with Gasteiger partial charge < -0.3 is 4.74 Å². The number of hydrogen-bond acceptors (Lipinski definition) is 4. The minimum absolute atomic E-state index is 0.0461. The number of carbonyl (C=O) groups is 1. The van der Waals surface area contributed by atoms with Gasteiger partial charge >= 0.3 is 0 Å². The molecule has 0 bridgehead atoms. The summed E-state index contributed by atoms with van der Waals surface area (Å²) in [4.78, 5) is 15.8. The molecule has 4 nitrogen and oxygen atoms in total. The lowest BCUT2D eigenvalue weighted by Gasteiger charge is -2.07. The van der Waals surface area contributed by atoms with Crippen molar-refractivity contribution >= 4 is 49.1 Å². The number of carbonyl (C=O) groups excluding carboxylic acids is 1. The zero-order valence-corrected chi connectivity index (χ0v) is 13.3. The number of aromatic nitrogens is 1. The summed E-state index contributed by atoms with van der Waals surface area (Å²) in [6.45, 7) is -0.0461. The number of thiazole rings is 1. The second-order valence-corrected chi connectivity index (χ2v) is 6.73. The van der Waals surface area contributed by atoms with E-state index in [0.717, 1.165) is 14.6 Å². The molecule has 0 spiro atoms. The van der Waals surface area contributed by atoms with E-state index in [9.17, 15) is 4.79 Å². The van der Waals surface area contributed by atoms with Crippen molar-refractivity contribution in [2.75, 3.05) is 11.9 Å². The molecule has 2 aromatic carbocycles. The minimum Gasteiger partial charge on any atom is -0.484 e. The van der Waals surface area contributed by atoms with Crippen LogP contribution in [0.25, 0.3) is 10.8 Å². The lowest BCUT2D eigenvalue weighted by Crippen LogP contribution is -2.19. The van der Waals surface area contributed by atoms with Crippen LogP contribution in [0.15, 0.2) is 52.4 Å². The molecule has 0 aliphatic heterocycles. The number of halogens is 1. The Kier molecular flexibility index (Phi) is 4.17. The van der Waals surface area contributed by atoms with Gasteiger partial charge in [-0.05, 0) is 38.8 Å². The van der Waals surface area contributed by atoms with E-state index in [0.29, 0.717) is 10.9 Å². The average molecular weight is 363 g/mol. The highest BCUT2D eigenvalue weighted by Gasteiger charge is 2.07. The fourth-order valence-corrected chi connectivity index (χ4v) is 3.00. The quantitative estimate of drug-likeness (QED) is 0.760. The molecule has 1 amide bonds. The van der Waals surface area contributed by atoms with Crippen molar-refractivity contribution < 1.29 is 9.53 Å². The number of rotatable bonds is 4. The highest BCUT2D eigenvalue weighted by molar-refractivity contribution is 9.11. The van der Waals surface area contributed by atoms with Crippen molar-refractivity contribution in [3.05, 3.63) is 52.4 Å². The number of anilines is 1. The molecule has 3 rings (SSSR count). The summed E-state index contributed by atoms with van der Waals surface area (Å²) < 4.78 is 6.38. The molecule has 3 aromatic rings. The number of amides is 1. The van der Waals surface area contributed by atoms with Crippen LogP contribution in [0.5, 0.6) is 5.75 Å². The van der Waals surface area contributed by atoms with Crippen LogP contribution < -0.4 is 10.1 Å². The van der Waals surface area contributed by atoms with Crippen molar-refractivity contribution in [1.29, 1.82) is 0 Å². The second kappa shape index (κ2) is 6.24. The van der Waals surface area contributed by atoms with E-state index >= 15 is 0 Å². The van der Waals surface area contributed by atoms with Crippen molar-refractivity contribution in [1.82, 2.24) is 4.98 Å². The first-order valence-corrected chi connectivity index (χ1v) is 7.84. The van der Waals surface area contributed by atoms with Crippen LogP contribution in [0.2, 0.25) is 0 Å². The third-order valence-electron chi connectivity index (χ3n) is 2.81. The Bertz CT molecular complexity index is 788. The summed E-state index contributed by atoms with van der Waals surface area (Å²) in [6, 6.07) is 13.8. The fourth-order valence-electron chi connectivity index (χ4n) is 1.87. The van der Waals surface area contributed by atoms with Crippen LogP contribution in [0, 0.1) is 0 Å². The fraction of sp³-hybridized carbons (Fsp3) is 0.0667. The van der Waals surface area contributed by atoms with Crippen LogP contribution in [-0.2, 0) is 4.79 Å². The van der Waals surface area contributed by atoms with Crippen molar-refractivity contribution in [2.45, 2.75) is 0 Å². The number of ether oxygens (including phenoxy) is 1. The Labute approximate surface area is 133 Å². The third-order valence-corrected chi connectivity index (χ3v) is 4.21. The van der Waals surface area contributed by atoms with Gasteiger partial charge in [-0.2, -0.15) is 0 Å². The molecule has 1 aromatic heterocycles. The number of nitrogens with one attached hydrogen (secondary N) is 1. The zero-order valence-electron chi connectivity index (χ0n) is 10.9. The van der Waals surface area contributed by atoms with E-state index in [2.05, 4.69) is 26.2 Å². The van der Waals surface area contributed by atoms with Gasteiger partial charge in [0.05, 0.1) is 9.98 Å². The lowest BCUT2D eigenvalue weighted by molar-refractivity contribution is -0.118. The molecule has 0 aliphatic carbocycles. The second-order valence-electron chi connectivity index (χ2n) is 4.32. The molecule has 6 heteroatoms. The Morgan fingerprint density at radius 3 is 2.81 bits per heavy atom. The third kappa shape index (κ3) is 3.59. The van der Waals surface area contributed by atoms with Gasteiger partial charge in [0, 0.05) is 0 Å². The zero-order chi connectivity index (χ0) is 14.7. The molecule has 0 saturated carbocycles. The maximum atomic E-state index is 11.8. The Balaban J connectivity index is 1.61. The van der Waals surface area contributed by atoms with Crippen molar-refractivity contribution in [2.24, 2.45) is 0 Å². The Morgan fingerprint density at radius 1 is 1.24 bits per heavy atom. The Hall–Kier alpha value is -1.92. The van der Waals surface area contributed by atoms with Gasteiger partial charge in [0.1, 0.15) is 5.75 Å². The number of fused-ring (bicyclic) bond motifs is 1. The standard InChI is InChI=1S/C15H11BrN2O2S/c16-13-8-17-15(21-13)18-14(19)9-20-12-6-5-10-3-1-2-4-11(10)7-12/h1-8H,9H2,(H,17,18,19). The number of benzene rings is 2.